The van der Waals surface area contributed by atoms with Crippen LogP contribution in [0, 0.1) is 26.7 Å². The van der Waals surface area contributed by atoms with Crippen molar-refractivity contribution in [1.82, 2.24) is 4.90 Å². The third-order valence-corrected chi connectivity index (χ3v) is 5.28. The van der Waals surface area contributed by atoms with Crippen LogP contribution in [0.1, 0.15) is 53.2 Å². The predicted molar refractivity (Wildman–Crippen MR) is 119 cm³/mol. The molecule has 0 heterocycles. The van der Waals surface area contributed by atoms with Gasteiger partial charge in [-0.2, -0.15) is 0 Å². The van der Waals surface area contributed by atoms with Gasteiger partial charge in [-0.05, 0) is 81.0 Å². The quantitative estimate of drug-likeness (QED) is 0.449. The van der Waals surface area contributed by atoms with Gasteiger partial charge in [0.1, 0.15) is 11.5 Å². The highest BCUT2D eigenvalue weighted by Gasteiger charge is 2.22. The van der Waals surface area contributed by atoms with Crippen LogP contribution in [0.3, 0.4) is 0 Å². The van der Waals surface area contributed by atoms with E-state index in [2.05, 4.69) is 6.07 Å². The Morgan fingerprint density at radius 2 is 1.80 bits per heavy atom. The van der Waals surface area contributed by atoms with E-state index in [1.807, 2.05) is 39.8 Å². The van der Waals surface area contributed by atoms with Crippen molar-refractivity contribution in [2.75, 3.05) is 20.2 Å². The molecule has 5 nitrogen and oxygen atoms in total. The van der Waals surface area contributed by atoms with E-state index in [9.17, 15) is 14.7 Å². The third kappa shape index (κ3) is 6.61. The molecule has 0 aromatic heterocycles. The summed E-state index contributed by atoms with van der Waals surface area (Å²) in [6.45, 7) is 8.41. The number of carbonyl (C=O) groups excluding carboxylic acids is 2. The van der Waals surface area contributed by atoms with Crippen LogP contribution < -0.4 is 4.74 Å². The van der Waals surface area contributed by atoms with Crippen molar-refractivity contribution in [1.29, 1.82) is 0 Å². The van der Waals surface area contributed by atoms with Gasteiger partial charge in [-0.15, -0.1) is 0 Å². The van der Waals surface area contributed by atoms with Crippen LogP contribution in [0.4, 0.5) is 0 Å². The van der Waals surface area contributed by atoms with E-state index >= 15 is 0 Å². The molecular weight excluding hydrogens is 378 g/mol. The van der Waals surface area contributed by atoms with E-state index in [1.54, 1.807) is 19.2 Å². The summed E-state index contributed by atoms with van der Waals surface area (Å²) in [7, 11) is 1.66. The van der Waals surface area contributed by atoms with E-state index in [1.165, 1.54) is 11.0 Å². The normalized spacial score (nSPS) is 11.8. The Bertz CT molecular complexity index is 870. The van der Waals surface area contributed by atoms with Crippen LogP contribution in [0.25, 0.3) is 0 Å². The molecule has 1 amide bonds. The fourth-order valence-electron chi connectivity index (χ4n) is 3.50. The smallest absolute Gasteiger partial charge is 0.225 e. The number of hydrogen-bond acceptors (Lipinski definition) is 4. The van der Waals surface area contributed by atoms with E-state index in [-0.39, 0.29) is 29.9 Å². The molecule has 2 rings (SSSR count). The van der Waals surface area contributed by atoms with Crippen molar-refractivity contribution >= 4 is 11.7 Å². The summed E-state index contributed by atoms with van der Waals surface area (Å²) in [5.41, 5.74) is 3.49. The van der Waals surface area contributed by atoms with E-state index in [0.717, 1.165) is 28.9 Å². The zero-order valence-electron chi connectivity index (χ0n) is 18.7. The summed E-state index contributed by atoms with van der Waals surface area (Å²) >= 11 is 0. The Morgan fingerprint density at radius 1 is 1.07 bits per heavy atom. The maximum absolute atomic E-state index is 12.8. The molecular formula is C25H33NO4. The molecule has 0 fully saturated rings. The first kappa shape index (κ1) is 23.5. The number of hydrogen-bond donors (Lipinski definition) is 1. The highest BCUT2D eigenvalue weighted by atomic mass is 16.5. The van der Waals surface area contributed by atoms with E-state index < -0.39 is 0 Å². The number of Topliss-reactive ketones (excluding diaryl/α,β-unsaturated/α-hetero) is 1. The van der Waals surface area contributed by atoms with Gasteiger partial charge >= 0.3 is 0 Å². The lowest BCUT2D eigenvalue weighted by Crippen LogP contribution is -2.36. The number of aromatic hydroxyl groups is 1. The first-order valence-corrected chi connectivity index (χ1v) is 10.5. The van der Waals surface area contributed by atoms with Gasteiger partial charge in [-0.3, -0.25) is 9.59 Å². The number of aryl methyl sites for hydroxylation is 3. The molecule has 1 N–H and O–H groups in total. The fourth-order valence-corrected chi connectivity index (χ4v) is 3.50. The Labute approximate surface area is 179 Å². The van der Waals surface area contributed by atoms with Crippen molar-refractivity contribution in [3.63, 3.8) is 0 Å². The monoisotopic (exact) mass is 411 g/mol. The van der Waals surface area contributed by atoms with Gasteiger partial charge in [-0.1, -0.05) is 19.1 Å². The third-order valence-electron chi connectivity index (χ3n) is 5.28. The van der Waals surface area contributed by atoms with Crippen LogP contribution in [0.5, 0.6) is 11.5 Å². The van der Waals surface area contributed by atoms with Crippen LogP contribution in [0.2, 0.25) is 0 Å². The lowest BCUT2D eigenvalue weighted by molar-refractivity contribution is -0.134. The van der Waals surface area contributed by atoms with E-state index in [4.69, 9.17) is 4.74 Å². The zero-order valence-corrected chi connectivity index (χ0v) is 18.7. The number of rotatable bonds is 10. The molecule has 0 aliphatic carbocycles. The topological polar surface area (TPSA) is 66.8 Å². The second kappa shape index (κ2) is 10.8. The van der Waals surface area contributed by atoms with Crippen molar-refractivity contribution in [3.05, 3.63) is 58.7 Å². The van der Waals surface area contributed by atoms with Crippen LogP contribution in [-0.4, -0.2) is 41.9 Å². The molecule has 0 saturated carbocycles. The molecule has 5 heteroatoms. The molecule has 2 aromatic rings. The highest BCUT2D eigenvalue weighted by Crippen LogP contribution is 2.21. The van der Waals surface area contributed by atoms with Gasteiger partial charge in [-0.25, -0.2) is 0 Å². The van der Waals surface area contributed by atoms with E-state index in [0.29, 0.717) is 25.0 Å². The molecule has 0 bridgehead atoms. The molecule has 162 valence electrons. The fraction of sp³-hybridized carbons (Fsp3) is 0.440. The standard InChI is InChI=1S/C25H33NO4/c1-6-20(8-7-11-30-24-14-17(2)9-10-19(24)4)25(29)26(5)16-23(28)21-12-18(3)13-22(27)15-21/h9-10,12-15,20,27H,6-8,11,16H2,1-5H3. The minimum absolute atomic E-state index is 0.00276. The number of likely N-dealkylation sites (N-methyl/N-ethyl adjacent to an activating group) is 1. The number of benzene rings is 2. The first-order chi connectivity index (χ1) is 14.2. The molecule has 0 aliphatic rings. The minimum Gasteiger partial charge on any atom is -0.508 e. The number of ketones is 1. The van der Waals surface area contributed by atoms with Crippen molar-refractivity contribution in [2.24, 2.45) is 5.92 Å². The Balaban J connectivity index is 1.86. The van der Waals surface area contributed by atoms with Gasteiger partial charge in [0.25, 0.3) is 0 Å². The number of nitrogens with zero attached hydrogens (tertiary/aromatic N) is 1. The largest absolute Gasteiger partial charge is 0.508 e. The molecule has 1 atom stereocenters. The average Bonchev–Trinajstić information content (AvgIpc) is 2.69. The second-order valence-electron chi connectivity index (χ2n) is 8.04. The molecule has 0 saturated heterocycles. The highest BCUT2D eigenvalue weighted by molar-refractivity contribution is 5.99. The number of phenolic OH excluding ortho intramolecular Hbond substituents is 1. The summed E-state index contributed by atoms with van der Waals surface area (Å²) in [6, 6.07) is 10.9. The number of phenols is 1. The molecule has 0 aliphatic heterocycles. The Hall–Kier alpha value is -2.82. The van der Waals surface area contributed by atoms with Crippen molar-refractivity contribution in [2.45, 2.75) is 47.0 Å². The summed E-state index contributed by atoms with van der Waals surface area (Å²) < 4.78 is 5.89. The lowest BCUT2D eigenvalue weighted by Gasteiger charge is -2.23. The molecule has 1 unspecified atom stereocenters. The molecule has 0 spiro atoms. The SMILES string of the molecule is CCC(CCCOc1cc(C)ccc1C)C(=O)N(C)CC(=O)c1cc(C)cc(O)c1. The summed E-state index contributed by atoms with van der Waals surface area (Å²) in [4.78, 5) is 26.8. The average molecular weight is 412 g/mol. The maximum Gasteiger partial charge on any atom is 0.225 e. The van der Waals surface area contributed by atoms with Gasteiger partial charge in [0.05, 0.1) is 13.2 Å². The van der Waals surface area contributed by atoms with Crippen LogP contribution >= 0.6 is 0 Å². The summed E-state index contributed by atoms with van der Waals surface area (Å²) in [5, 5.41) is 9.70. The van der Waals surface area contributed by atoms with Crippen LogP contribution in [-0.2, 0) is 4.79 Å². The maximum atomic E-state index is 12.8. The molecule has 30 heavy (non-hydrogen) atoms. The second-order valence-corrected chi connectivity index (χ2v) is 8.04. The van der Waals surface area contributed by atoms with Crippen LogP contribution in [0.15, 0.2) is 36.4 Å². The molecule has 2 aromatic carbocycles. The van der Waals surface area contributed by atoms with Crippen molar-refractivity contribution < 1.29 is 19.4 Å². The lowest BCUT2D eigenvalue weighted by atomic mass is 9.98. The van der Waals surface area contributed by atoms with Crippen molar-refractivity contribution in [3.8, 4) is 11.5 Å². The molecule has 0 radical (unpaired) electrons. The summed E-state index contributed by atoms with van der Waals surface area (Å²) in [6.07, 6.45) is 2.20. The number of carbonyl (C=O) groups is 2. The van der Waals surface area contributed by atoms with Gasteiger partial charge in [0.15, 0.2) is 5.78 Å². The van der Waals surface area contributed by atoms with Gasteiger partial charge in [0.2, 0.25) is 5.91 Å². The predicted octanol–water partition coefficient (Wildman–Crippen LogP) is 4.84. The Morgan fingerprint density at radius 3 is 2.47 bits per heavy atom. The van der Waals surface area contributed by atoms with Gasteiger partial charge < -0.3 is 14.7 Å². The number of ether oxygens (including phenoxy) is 1. The zero-order chi connectivity index (χ0) is 22.3. The first-order valence-electron chi connectivity index (χ1n) is 10.5. The van der Waals surface area contributed by atoms with Gasteiger partial charge in [0, 0.05) is 18.5 Å². The summed E-state index contributed by atoms with van der Waals surface area (Å²) in [5.74, 6) is 0.587. The minimum atomic E-state index is -0.182. The number of amides is 1. The Kier molecular flexibility index (Phi) is 8.46.